The van der Waals surface area contributed by atoms with E-state index in [9.17, 15) is 4.79 Å². The van der Waals surface area contributed by atoms with Crippen molar-refractivity contribution in [3.63, 3.8) is 0 Å². The van der Waals surface area contributed by atoms with Crippen molar-refractivity contribution in [2.24, 2.45) is 0 Å². The number of carbonyl (C=O) groups is 1. The molecule has 1 aromatic rings. The first-order chi connectivity index (χ1) is 6.56. The van der Waals surface area contributed by atoms with Crippen LogP contribution in [0.1, 0.15) is 22.8 Å². The molecule has 1 rings (SSSR count). The molecule has 1 unspecified atom stereocenters. The van der Waals surface area contributed by atoms with E-state index in [1.165, 1.54) is 0 Å². The molecule has 1 nitrogen and oxygen atoms in total. The predicted molar refractivity (Wildman–Crippen MR) is 69.0 cm³/mol. The molecule has 76 valence electrons. The van der Waals surface area contributed by atoms with Crippen molar-refractivity contribution in [1.29, 1.82) is 0 Å². The number of carbonyl (C=O) groups excluding carboxylic acids is 1. The van der Waals surface area contributed by atoms with Gasteiger partial charge in [-0.05, 0) is 24.6 Å². The maximum absolute atomic E-state index is 11.8. The highest BCUT2D eigenvalue weighted by Gasteiger charge is 2.15. The lowest BCUT2D eigenvalue weighted by atomic mass is 10.0. The molecule has 0 fully saturated rings. The maximum atomic E-state index is 11.8. The van der Waals surface area contributed by atoms with E-state index in [1.54, 1.807) is 6.07 Å². The Labute approximate surface area is 106 Å². The summed E-state index contributed by atoms with van der Waals surface area (Å²) in [6.45, 7) is 1.82. The van der Waals surface area contributed by atoms with E-state index in [4.69, 9.17) is 0 Å². The van der Waals surface area contributed by atoms with Gasteiger partial charge in [0.1, 0.15) is 0 Å². The lowest BCUT2D eigenvalue weighted by Crippen LogP contribution is -2.12. The number of thiol groups is 1. The van der Waals surface area contributed by atoms with Crippen LogP contribution in [0.5, 0.6) is 0 Å². The van der Waals surface area contributed by atoms with Crippen molar-refractivity contribution in [3.8, 4) is 0 Å². The van der Waals surface area contributed by atoms with Crippen LogP contribution in [0.25, 0.3) is 0 Å². The van der Waals surface area contributed by atoms with E-state index in [-0.39, 0.29) is 10.6 Å². The number of hydrogen-bond donors (Lipinski definition) is 1. The highest BCUT2D eigenvalue weighted by Crippen LogP contribution is 2.20. The Balaban J connectivity index is 3.17. The Bertz CT molecular complexity index is 350. The van der Waals surface area contributed by atoms with Crippen molar-refractivity contribution in [3.05, 3.63) is 29.3 Å². The van der Waals surface area contributed by atoms with Gasteiger partial charge >= 0.3 is 0 Å². The number of benzene rings is 1. The summed E-state index contributed by atoms with van der Waals surface area (Å²) in [4.78, 5) is 12.4. The zero-order valence-electron chi connectivity index (χ0n) is 7.63. The molecule has 0 heterocycles. The molecule has 1 atom stereocenters. The summed E-state index contributed by atoms with van der Waals surface area (Å²) in [5, 5.41) is 0.682. The molecule has 0 spiro atoms. The minimum Gasteiger partial charge on any atom is -0.293 e. The van der Waals surface area contributed by atoms with Crippen LogP contribution in [-0.4, -0.2) is 10.6 Å². The first-order valence-electron chi connectivity index (χ1n) is 4.12. The Morgan fingerprint density at radius 3 is 2.71 bits per heavy atom. The van der Waals surface area contributed by atoms with Crippen LogP contribution in [0.2, 0.25) is 0 Å². The highest BCUT2D eigenvalue weighted by molar-refractivity contribution is 9.10. The summed E-state index contributed by atoms with van der Waals surface area (Å²) < 4.78 is 0. The van der Waals surface area contributed by atoms with Gasteiger partial charge in [0.25, 0.3) is 0 Å². The molecule has 0 radical (unpaired) electrons. The number of Topliss-reactive ketones (excluding diaryl/α,β-unsaturated/α-hetero) is 1. The number of rotatable bonds is 3. The molecule has 14 heavy (non-hydrogen) atoms. The van der Waals surface area contributed by atoms with Crippen LogP contribution < -0.4 is 0 Å². The average molecular weight is 338 g/mol. The van der Waals surface area contributed by atoms with Gasteiger partial charge in [0, 0.05) is 15.8 Å². The van der Waals surface area contributed by atoms with Crippen LogP contribution in [-0.2, 0) is 5.33 Å². The molecular weight excluding hydrogens is 328 g/mol. The van der Waals surface area contributed by atoms with E-state index in [0.717, 1.165) is 16.0 Å². The summed E-state index contributed by atoms with van der Waals surface area (Å²) in [6.07, 6.45) is 0. The van der Waals surface area contributed by atoms with E-state index < -0.39 is 0 Å². The van der Waals surface area contributed by atoms with Crippen LogP contribution in [0.3, 0.4) is 0 Å². The van der Waals surface area contributed by atoms with Gasteiger partial charge in [-0.25, -0.2) is 0 Å². The Morgan fingerprint density at radius 1 is 1.57 bits per heavy atom. The van der Waals surface area contributed by atoms with Gasteiger partial charge in [-0.15, -0.1) is 12.6 Å². The lowest BCUT2D eigenvalue weighted by molar-refractivity contribution is 0.0995. The smallest absolute Gasteiger partial charge is 0.176 e. The third-order valence-electron chi connectivity index (χ3n) is 1.86. The Kier molecular flexibility index (Phi) is 4.67. The quantitative estimate of drug-likeness (QED) is 0.504. The summed E-state index contributed by atoms with van der Waals surface area (Å²) >= 11 is 10.9. The van der Waals surface area contributed by atoms with Crippen LogP contribution in [0, 0.1) is 0 Å². The molecule has 0 bridgehead atoms. The van der Waals surface area contributed by atoms with Gasteiger partial charge in [-0.3, -0.25) is 4.79 Å². The first kappa shape index (κ1) is 12.3. The summed E-state index contributed by atoms with van der Waals surface area (Å²) in [6, 6.07) is 5.61. The van der Waals surface area contributed by atoms with Gasteiger partial charge in [-0.2, -0.15) is 0 Å². The van der Waals surface area contributed by atoms with Crippen molar-refractivity contribution < 1.29 is 4.79 Å². The second-order valence-corrected chi connectivity index (χ2v) is 5.41. The average Bonchev–Trinajstić information content (AvgIpc) is 2.16. The summed E-state index contributed by atoms with van der Waals surface area (Å²) in [5.41, 5.74) is 1.73. The number of ketones is 1. The summed E-state index contributed by atoms with van der Waals surface area (Å²) in [5.74, 6) is 0.0929. The van der Waals surface area contributed by atoms with Crippen molar-refractivity contribution in [2.45, 2.75) is 22.0 Å². The van der Waals surface area contributed by atoms with Gasteiger partial charge in [0.15, 0.2) is 5.78 Å². The van der Waals surface area contributed by atoms with Gasteiger partial charge in [0.05, 0.1) is 4.83 Å². The van der Waals surface area contributed by atoms with Crippen LogP contribution >= 0.6 is 44.5 Å². The van der Waals surface area contributed by atoms with Crippen molar-refractivity contribution in [2.75, 3.05) is 0 Å². The molecule has 0 aliphatic rings. The zero-order valence-corrected chi connectivity index (χ0v) is 11.7. The van der Waals surface area contributed by atoms with Crippen molar-refractivity contribution >= 4 is 50.3 Å². The topological polar surface area (TPSA) is 17.1 Å². The predicted octanol–water partition coefficient (Wildman–Crippen LogP) is 3.84. The molecule has 0 aromatic heterocycles. The van der Waals surface area contributed by atoms with E-state index in [0.29, 0.717) is 5.33 Å². The molecule has 0 N–H and O–H groups in total. The lowest BCUT2D eigenvalue weighted by Gasteiger charge is -2.08. The van der Waals surface area contributed by atoms with Gasteiger partial charge < -0.3 is 0 Å². The molecule has 0 saturated heterocycles. The van der Waals surface area contributed by atoms with E-state index >= 15 is 0 Å². The fraction of sp³-hybridized carbons (Fsp3) is 0.300. The third kappa shape index (κ3) is 2.84. The minimum atomic E-state index is -0.157. The fourth-order valence-corrected chi connectivity index (χ4v) is 2.06. The molecule has 0 amide bonds. The standard InChI is InChI=1S/C10H10Br2OS/c1-6(12)10(13)9-4-8(14)3-2-7(9)5-11/h2-4,6,14H,5H2,1H3. The maximum Gasteiger partial charge on any atom is 0.176 e. The Morgan fingerprint density at radius 2 is 2.21 bits per heavy atom. The molecule has 0 saturated carbocycles. The monoisotopic (exact) mass is 336 g/mol. The second kappa shape index (κ2) is 5.33. The molecule has 1 aromatic carbocycles. The SMILES string of the molecule is CC(Br)C(=O)c1cc(S)ccc1CBr. The normalized spacial score (nSPS) is 12.6. The minimum absolute atomic E-state index is 0.0929. The van der Waals surface area contributed by atoms with Crippen molar-refractivity contribution in [1.82, 2.24) is 0 Å². The summed E-state index contributed by atoms with van der Waals surface area (Å²) in [7, 11) is 0. The molecular formula is C10H10Br2OS. The van der Waals surface area contributed by atoms with E-state index in [2.05, 4.69) is 44.5 Å². The van der Waals surface area contributed by atoms with Crippen LogP contribution in [0.4, 0.5) is 0 Å². The second-order valence-electron chi connectivity index (χ2n) is 2.96. The zero-order chi connectivity index (χ0) is 10.7. The first-order valence-corrected chi connectivity index (χ1v) is 6.61. The largest absolute Gasteiger partial charge is 0.293 e. The molecule has 0 aliphatic carbocycles. The van der Waals surface area contributed by atoms with Gasteiger partial charge in [-0.1, -0.05) is 37.9 Å². The molecule has 0 aliphatic heterocycles. The third-order valence-corrected chi connectivity index (χ3v) is 3.16. The van der Waals surface area contributed by atoms with Crippen LogP contribution in [0.15, 0.2) is 23.1 Å². The van der Waals surface area contributed by atoms with E-state index in [1.807, 2.05) is 19.1 Å². The Hall–Kier alpha value is 0.200. The molecule has 4 heteroatoms. The van der Waals surface area contributed by atoms with Gasteiger partial charge in [0.2, 0.25) is 0 Å². The number of halogens is 2. The fourth-order valence-electron chi connectivity index (χ4n) is 1.12. The highest BCUT2D eigenvalue weighted by atomic mass is 79.9. The number of hydrogen-bond acceptors (Lipinski definition) is 2. The number of alkyl halides is 2.